The number of hydrogen-bond acceptors (Lipinski definition) is 3. The predicted molar refractivity (Wildman–Crippen MR) is 112 cm³/mol. The maximum Gasteiger partial charge on any atom is 0.258 e. The number of ether oxygens (including phenoxy) is 1. The number of benzene rings is 3. The van der Waals surface area contributed by atoms with Gasteiger partial charge in [0, 0.05) is 35.5 Å². The Morgan fingerprint density at radius 3 is 2.57 bits per heavy atom. The van der Waals surface area contributed by atoms with E-state index in [4.69, 9.17) is 4.74 Å². The zero-order valence-electron chi connectivity index (χ0n) is 16.5. The van der Waals surface area contributed by atoms with Crippen LogP contribution in [0.2, 0.25) is 0 Å². The first-order valence-electron chi connectivity index (χ1n) is 9.68. The standard InChI is InChI=1S/C24H21FN2O3/c1-30-22-8-3-2-5-17(22)15-26-23(28)20-6-4-7-21-19(20)13-14-27(21)24(29)16-9-11-18(25)12-10-16/h2-12H,13-15H2,1H3,(H,26,28). The lowest BCUT2D eigenvalue weighted by Gasteiger charge is -2.18. The zero-order valence-corrected chi connectivity index (χ0v) is 16.5. The average Bonchev–Trinajstić information content (AvgIpc) is 3.22. The van der Waals surface area contributed by atoms with Crippen LogP contribution in [0.1, 0.15) is 31.8 Å². The van der Waals surface area contributed by atoms with Crippen LogP contribution >= 0.6 is 0 Å². The Kier molecular flexibility index (Phi) is 5.48. The lowest BCUT2D eigenvalue weighted by molar-refractivity contribution is 0.0948. The van der Waals surface area contributed by atoms with E-state index in [1.165, 1.54) is 24.3 Å². The van der Waals surface area contributed by atoms with Gasteiger partial charge in [0.05, 0.1) is 7.11 Å². The monoisotopic (exact) mass is 404 g/mol. The maximum atomic E-state index is 13.2. The van der Waals surface area contributed by atoms with Gasteiger partial charge >= 0.3 is 0 Å². The van der Waals surface area contributed by atoms with Gasteiger partial charge in [0.1, 0.15) is 11.6 Å². The van der Waals surface area contributed by atoms with Gasteiger partial charge in [-0.3, -0.25) is 9.59 Å². The molecule has 0 saturated carbocycles. The van der Waals surface area contributed by atoms with Crippen molar-refractivity contribution in [3.8, 4) is 5.75 Å². The predicted octanol–water partition coefficient (Wildman–Crippen LogP) is 3.97. The molecule has 1 aliphatic rings. The molecule has 6 heteroatoms. The SMILES string of the molecule is COc1ccccc1CNC(=O)c1cccc2c1CCN2C(=O)c1ccc(F)cc1. The summed E-state index contributed by atoms with van der Waals surface area (Å²) in [5, 5.41) is 2.94. The van der Waals surface area contributed by atoms with E-state index in [0.29, 0.717) is 42.1 Å². The lowest BCUT2D eigenvalue weighted by atomic mass is 10.0. The van der Waals surface area contributed by atoms with Gasteiger partial charge in [-0.2, -0.15) is 0 Å². The summed E-state index contributed by atoms with van der Waals surface area (Å²) in [5.41, 5.74) is 3.40. The molecule has 5 nitrogen and oxygen atoms in total. The van der Waals surface area contributed by atoms with Crippen LogP contribution in [0.5, 0.6) is 5.75 Å². The minimum absolute atomic E-state index is 0.200. The summed E-state index contributed by atoms with van der Waals surface area (Å²) >= 11 is 0. The van der Waals surface area contributed by atoms with Gasteiger partial charge in [-0.1, -0.05) is 24.3 Å². The summed E-state index contributed by atoms with van der Waals surface area (Å²) in [5.74, 6) is -0.0799. The van der Waals surface area contributed by atoms with Crippen LogP contribution < -0.4 is 15.0 Å². The number of carbonyl (C=O) groups excluding carboxylic acids is 2. The molecule has 1 N–H and O–H groups in total. The smallest absolute Gasteiger partial charge is 0.258 e. The van der Waals surface area contributed by atoms with E-state index in [9.17, 15) is 14.0 Å². The Morgan fingerprint density at radius 1 is 1.03 bits per heavy atom. The molecule has 2 amide bonds. The second kappa shape index (κ2) is 8.37. The first-order valence-corrected chi connectivity index (χ1v) is 9.68. The number of methoxy groups -OCH3 is 1. The molecule has 0 bridgehead atoms. The molecular weight excluding hydrogens is 383 g/mol. The van der Waals surface area contributed by atoms with Gasteiger partial charge in [-0.15, -0.1) is 0 Å². The zero-order chi connectivity index (χ0) is 21.1. The quantitative estimate of drug-likeness (QED) is 0.700. The van der Waals surface area contributed by atoms with E-state index in [0.717, 1.165) is 11.1 Å². The van der Waals surface area contributed by atoms with Crippen molar-refractivity contribution < 1.29 is 18.7 Å². The molecule has 0 atom stereocenters. The van der Waals surface area contributed by atoms with Gasteiger partial charge < -0.3 is 15.0 Å². The Balaban J connectivity index is 1.53. The van der Waals surface area contributed by atoms with Crippen molar-refractivity contribution >= 4 is 17.5 Å². The molecule has 30 heavy (non-hydrogen) atoms. The normalized spacial score (nSPS) is 12.4. The summed E-state index contributed by atoms with van der Waals surface area (Å²) in [6.07, 6.45) is 0.584. The van der Waals surface area contributed by atoms with Crippen molar-refractivity contribution in [3.05, 3.63) is 94.8 Å². The second-order valence-electron chi connectivity index (χ2n) is 7.01. The third-order valence-corrected chi connectivity index (χ3v) is 5.24. The number of nitrogens with one attached hydrogen (secondary N) is 1. The Morgan fingerprint density at radius 2 is 1.80 bits per heavy atom. The Labute approximate surface area is 174 Å². The molecule has 0 saturated heterocycles. The molecule has 1 aliphatic heterocycles. The summed E-state index contributed by atoms with van der Waals surface area (Å²) in [7, 11) is 1.59. The highest BCUT2D eigenvalue weighted by Crippen LogP contribution is 2.32. The van der Waals surface area contributed by atoms with Crippen molar-refractivity contribution in [3.63, 3.8) is 0 Å². The summed E-state index contributed by atoms with van der Waals surface area (Å²) in [4.78, 5) is 27.4. The molecule has 4 rings (SSSR count). The number of hydrogen-bond donors (Lipinski definition) is 1. The van der Waals surface area contributed by atoms with Crippen LogP contribution in [0.4, 0.5) is 10.1 Å². The minimum atomic E-state index is -0.387. The fraction of sp³-hybridized carbons (Fsp3) is 0.167. The van der Waals surface area contributed by atoms with Crippen LogP contribution in [0.25, 0.3) is 0 Å². The van der Waals surface area contributed by atoms with Gasteiger partial charge in [-0.05, 0) is 54.4 Å². The number of halogens is 1. The van der Waals surface area contributed by atoms with Gasteiger partial charge in [0.15, 0.2) is 0 Å². The molecule has 1 heterocycles. The Hall–Kier alpha value is -3.67. The first kappa shape index (κ1) is 19.6. The highest BCUT2D eigenvalue weighted by Gasteiger charge is 2.28. The molecule has 0 unspecified atom stereocenters. The summed E-state index contributed by atoms with van der Waals surface area (Å²) in [6.45, 7) is 0.813. The number of rotatable bonds is 5. The van der Waals surface area contributed by atoms with Gasteiger partial charge in [0.2, 0.25) is 0 Å². The van der Waals surface area contributed by atoms with Crippen LogP contribution in [0, 0.1) is 5.82 Å². The van der Waals surface area contributed by atoms with Crippen LogP contribution in [0.15, 0.2) is 66.7 Å². The lowest BCUT2D eigenvalue weighted by Crippen LogP contribution is -2.28. The Bertz CT molecular complexity index is 1100. The van der Waals surface area contributed by atoms with E-state index in [1.54, 1.807) is 24.1 Å². The number of amides is 2. The molecular formula is C24H21FN2O3. The third kappa shape index (κ3) is 3.76. The van der Waals surface area contributed by atoms with Crippen LogP contribution in [-0.2, 0) is 13.0 Å². The molecule has 0 aliphatic carbocycles. The summed E-state index contributed by atoms with van der Waals surface area (Å²) < 4.78 is 18.5. The maximum absolute atomic E-state index is 13.2. The topological polar surface area (TPSA) is 58.6 Å². The summed E-state index contributed by atoms with van der Waals surface area (Å²) in [6, 6.07) is 18.4. The number of nitrogens with zero attached hydrogens (tertiary/aromatic N) is 1. The van der Waals surface area contributed by atoms with E-state index < -0.39 is 0 Å². The number of para-hydroxylation sites is 1. The molecule has 0 radical (unpaired) electrons. The average molecular weight is 404 g/mol. The van der Waals surface area contributed by atoms with Crippen molar-refractivity contribution in [2.45, 2.75) is 13.0 Å². The van der Waals surface area contributed by atoms with Crippen molar-refractivity contribution in [2.24, 2.45) is 0 Å². The fourth-order valence-electron chi connectivity index (χ4n) is 3.73. The highest BCUT2D eigenvalue weighted by molar-refractivity contribution is 6.08. The number of carbonyl (C=O) groups is 2. The van der Waals surface area contributed by atoms with Crippen molar-refractivity contribution in [2.75, 3.05) is 18.6 Å². The minimum Gasteiger partial charge on any atom is -0.496 e. The van der Waals surface area contributed by atoms with Crippen LogP contribution in [0.3, 0.4) is 0 Å². The number of anilines is 1. The fourth-order valence-corrected chi connectivity index (χ4v) is 3.73. The largest absolute Gasteiger partial charge is 0.496 e. The van der Waals surface area contributed by atoms with Crippen molar-refractivity contribution in [1.82, 2.24) is 5.32 Å². The van der Waals surface area contributed by atoms with Gasteiger partial charge in [-0.25, -0.2) is 4.39 Å². The van der Waals surface area contributed by atoms with Crippen molar-refractivity contribution in [1.29, 1.82) is 0 Å². The van der Waals surface area contributed by atoms with Gasteiger partial charge in [0.25, 0.3) is 11.8 Å². The highest BCUT2D eigenvalue weighted by atomic mass is 19.1. The van der Waals surface area contributed by atoms with E-state index >= 15 is 0 Å². The second-order valence-corrected chi connectivity index (χ2v) is 7.01. The third-order valence-electron chi connectivity index (χ3n) is 5.24. The molecule has 0 fully saturated rings. The molecule has 0 aromatic heterocycles. The molecule has 3 aromatic rings. The van der Waals surface area contributed by atoms with Crippen LogP contribution in [-0.4, -0.2) is 25.5 Å². The van der Waals surface area contributed by atoms with E-state index in [-0.39, 0.29) is 17.6 Å². The number of fused-ring (bicyclic) bond motifs is 1. The molecule has 0 spiro atoms. The molecule has 3 aromatic carbocycles. The first-order chi connectivity index (χ1) is 14.6. The molecule has 152 valence electrons. The van der Waals surface area contributed by atoms with E-state index in [1.807, 2.05) is 30.3 Å². The van der Waals surface area contributed by atoms with E-state index in [2.05, 4.69) is 5.32 Å².